The molecule has 13 nitrogen and oxygen atoms in total. The minimum absolute atomic E-state index is 0.0268. The second-order valence-corrected chi connectivity index (χ2v) is 15.7. The van der Waals surface area contributed by atoms with Crippen molar-refractivity contribution < 1.29 is 67.9 Å². The number of hydrogen-bond acceptors (Lipinski definition) is 11. The maximum atomic E-state index is 12.7. The van der Waals surface area contributed by atoms with E-state index in [1.54, 1.807) is 48.5 Å². The maximum absolute atomic E-state index is 12.7. The van der Waals surface area contributed by atoms with E-state index < -0.39 is 45.3 Å². The van der Waals surface area contributed by atoms with Gasteiger partial charge in [0, 0.05) is 18.1 Å². The number of ether oxygens (including phenoxy) is 2. The number of sulfonamides is 1. The van der Waals surface area contributed by atoms with Crippen molar-refractivity contribution in [1.29, 1.82) is 0 Å². The average molecular weight is 943 g/mol. The van der Waals surface area contributed by atoms with Crippen LogP contribution in [-0.2, 0) is 49.7 Å². The molecule has 6 aromatic rings. The van der Waals surface area contributed by atoms with Gasteiger partial charge in [-0.1, -0.05) is 60.7 Å². The molecular formula is C44H36F6N4O9S2. The minimum Gasteiger partial charge on any atom is -0.489 e. The Morgan fingerprint density at radius 2 is 1.05 bits per heavy atom. The van der Waals surface area contributed by atoms with Crippen LogP contribution < -0.4 is 30.7 Å². The highest BCUT2D eigenvalue weighted by atomic mass is 32.2. The Labute approximate surface area is 372 Å². The van der Waals surface area contributed by atoms with Crippen molar-refractivity contribution in [2.75, 3.05) is 10.6 Å². The molecule has 0 fully saturated rings. The Bertz CT molecular complexity index is 2700. The van der Waals surface area contributed by atoms with Crippen LogP contribution in [0.4, 0.5) is 37.7 Å². The van der Waals surface area contributed by atoms with E-state index in [0.717, 1.165) is 43.2 Å². The lowest BCUT2D eigenvalue weighted by Crippen LogP contribution is -2.29. The first-order valence-electron chi connectivity index (χ1n) is 18.6. The van der Waals surface area contributed by atoms with Crippen LogP contribution in [0.25, 0.3) is 0 Å². The van der Waals surface area contributed by atoms with Gasteiger partial charge < -0.3 is 20.1 Å². The summed E-state index contributed by atoms with van der Waals surface area (Å²) in [6.45, 7) is 1.08. The first kappa shape index (κ1) is 49.1. The number of carbonyl (C=O) groups excluding carboxylic acids is 3. The Balaban J connectivity index is 0.000000245. The number of nitrogens with one attached hydrogen (secondary N) is 3. The van der Waals surface area contributed by atoms with Crippen molar-refractivity contribution in [3.8, 4) is 11.5 Å². The molecule has 0 unspecified atom stereocenters. The lowest BCUT2D eigenvalue weighted by atomic mass is 10.1. The van der Waals surface area contributed by atoms with E-state index in [0.29, 0.717) is 33.0 Å². The van der Waals surface area contributed by atoms with Crippen LogP contribution in [-0.4, -0.2) is 26.1 Å². The van der Waals surface area contributed by atoms with Crippen LogP contribution in [0.15, 0.2) is 155 Å². The van der Waals surface area contributed by atoms with Crippen molar-refractivity contribution >= 4 is 51.2 Å². The molecule has 21 heteroatoms. The normalized spacial score (nSPS) is 11.4. The summed E-state index contributed by atoms with van der Waals surface area (Å²) in [6.07, 6.45) is -8.82. The molecule has 6 rings (SSSR count). The molecular weight excluding hydrogens is 907 g/mol. The van der Waals surface area contributed by atoms with E-state index in [2.05, 4.69) is 20.0 Å². The van der Waals surface area contributed by atoms with Gasteiger partial charge in [-0.2, -0.15) is 32.2 Å². The van der Waals surface area contributed by atoms with Crippen LogP contribution in [0.1, 0.15) is 49.9 Å². The SMILES string of the molecule is CC(=O)NS(=O)(=O)c1ccccc1NC(=O)c1cccc(OCc2ccc(C(F)(F)F)cc2)c1.NOOSc1ccccc1NC(=O)c1cccc(OCc2ccc(C(F)(F)F)cc2)c1. The fourth-order valence-electron chi connectivity index (χ4n) is 5.50. The average Bonchev–Trinajstić information content (AvgIpc) is 3.27. The molecule has 0 saturated heterocycles. The Morgan fingerprint density at radius 1 is 0.600 bits per heavy atom. The molecule has 3 amide bonds. The van der Waals surface area contributed by atoms with E-state index in [-0.39, 0.29) is 41.0 Å². The number of carbonyl (C=O) groups is 3. The first-order chi connectivity index (χ1) is 30.8. The second kappa shape index (κ2) is 22.1. The predicted molar refractivity (Wildman–Crippen MR) is 226 cm³/mol. The number of rotatable bonds is 15. The summed E-state index contributed by atoms with van der Waals surface area (Å²) in [7, 11) is -4.19. The van der Waals surface area contributed by atoms with Gasteiger partial charge in [-0.05, 0) is 96.1 Å². The third-order valence-corrected chi connectivity index (χ3v) is 10.7. The van der Waals surface area contributed by atoms with Gasteiger partial charge in [0.05, 0.1) is 39.4 Å². The van der Waals surface area contributed by atoms with Crippen LogP contribution in [0.2, 0.25) is 0 Å². The Morgan fingerprint density at radius 3 is 1.51 bits per heavy atom. The summed E-state index contributed by atoms with van der Waals surface area (Å²) in [4.78, 5) is 40.9. The molecule has 5 N–H and O–H groups in total. The van der Waals surface area contributed by atoms with Crippen LogP contribution in [0, 0.1) is 0 Å². The van der Waals surface area contributed by atoms with Crippen molar-refractivity contribution in [1.82, 2.24) is 4.72 Å². The summed E-state index contributed by atoms with van der Waals surface area (Å²) in [5, 5.41) is 5.25. The third-order valence-electron chi connectivity index (χ3n) is 8.57. The predicted octanol–water partition coefficient (Wildman–Crippen LogP) is 9.73. The third kappa shape index (κ3) is 14.8. The zero-order chi connectivity index (χ0) is 47.2. The number of benzene rings is 6. The van der Waals surface area contributed by atoms with Gasteiger partial charge >= 0.3 is 12.4 Å². The number of hydrogen-bond donors (Lipinski definition) is 4. The van der Waals surface area contributed by atoms with Crippen molar-refractivity contribution in [2.45, 2.75) is 42.3 Å². The molecule has 0 atom stereocenters. The highest BCUT2D eigenvalue weighted by Gasteiger charge is 2.31. The van der Waals surface area contributed by atoms with Gasteiger partial charge in [0.2, 0.25) is 5.91 Å². The quantitative estimate of drug-likeness (QED) is 0.0333. The molecule has 0 bridgehead atoms. The fourth-order valence-corrected chi connectivity index (χ4v) is 7.11. The monoisotopic (exact) mass is 942 g/mol. The van der Waals surface area contributed by atoms with E-state index in [9.17, 15) is 49.1 Å². The van der Waals surface area contributed by atoms with Crippen molar-refractivity contribution in [3.63, 3.8) is 0 Å². The molecule has 340 valence electrons. The number of nitrogens with two attached hydrogens (primary N) is 1. The topological polar surface area (TPSA) is 184 Å². The summed E-state index contributed by atoms with van der Waals surface area (Å²) in [6, 6.07) is 34.1. The van der Waals surface area contributed by atoms with Gasteiger partial charge in [-0.15, -0.1) is 9.32 Å². The molecule has 0 aliphatic rings. The Hall–Kier alpha value is -6.91. The summed E-state index contributed by atoms with van der Waals surface area (Å²) < 4.78 is 118. The van der Waals surface area contributed by atoms with E-state index in [1.807, 2.05) is 4.72 Å². The molecule has 0 aliphatic carbocycles. The van der Waals surface area contributed by atoms with Crippen LogP contribution in [0.5, 0.6) is 11.5 Å². The minimum atomic E-state index is -4.43. The lowest BCUT2D eigenvalue weighted by molar-refractivity contribution is -0.195. The number of anilines is 2. The van der Waals surface area contributed by atoms with Gasteiger partial charge in [0.25, 0.3) is 21.8 Å². The molecule has 0 aliphatic heterocycles. The zero-order valence-electron chi connectivity index (χ0n) is 33.6. The number of alkyl halides is 6. The fraction of sp³-hybridized carbons (Fsp3) is 0.114. The Kier molecular flexibility index (Phi) is 16.7. The summed E-state index contributed by atoms with van der Waals surface area (Å²) in [5.74, 6) is 3.72. The molecule has 0 aromatic heterocycles. The molecule has 0 heterocycles. The van der Waals surface area contributed by atoms with Gasteiger partial charge in [0.1, 0.15) is 29.6 Å². The molecule has 65 heavy (non-hydrogen) atoms. The zero-order valence-corrected chi connectivity index (χ0v) is 35.2. The maximum Gasteiger partial charge on any atom is 0.416 e. The summed E-state index contributed by atoms with van der Waals surface area (Å²) >= 11 is 0.839. The standard InChI is InChI=1S/C23H19F3N2O5S.C21H17F3N2O4S/c1-15(29)28-34(31,32)21-8-3-2-7-20(21)27-22(30)17-5-4-6-19(13-17)33-14-16-9-11-18(12-10-16)23(24,25)26;22-21(23,24)16-10-8-14(9-11-16)13-28-17-5-3-4-15(12-17)20(27)26-18-6-1-2-7-19(18)31-30-29-25/h2-13H,14H2,1H3,(H,27,30)(H,28,29);1-12H,13,25H2,(H,26,27). The number of amides is 3. The van der Waals surface area contributed by atoms with Crippen molar-refractivity contribution in [2.24, 2.45) is 5.90 Å². The van der Waals surface area contributed by atoms with E-state index in [1.165, 1.54) is 72.8 Å². The number of halogens is 6. The van der Waals surface area contributed by atoms with E-state index >= 15 is 0 Å². The summed E-state index contributed by atoms with van der Waals surface area (Å²) in [5.41, 5.74) is 0.517. The molecule has 0 spiro atoms. The first-order valence-corrected chi connectivity index (χ1v) is 20.9. The molecule has 0 radical (unpaired) electrons. The highest BCUT2D eigenvalue weighted by molar-refractivity contribution is 7.94. The smallest absolute Gasteiger partial charge is 0.416 e. The van der Waals surface area contributed by atoms with E-state index in [4.69, 9.17) is 15.4 Å². The van der Waals surface area contributed by atoms with Gasteiger partial charge in [-0.3, -0.25) is 14.4 Å². The number of para-hydroxylation sites is 2. The molecule has 6 aromatic carbocycles. The second-order valence-electron chi connectivity index (χ2n) is 13.3. The molecule has 0 saturated carbocycles. The highest BCUT2D eigenvalue weighted by Crippen LogP contribution is 2.31. The lowest BCUT2D eigenvalue weighted by Gasteiger charge is -2.13. The van der Waals surface area contributed by atoms with Crippen LogP contribution in [0.3, 0.4) is 0 Å². The van der Waals surface area contributed by atoms with Gasteiger partial charge in [-0.25, -0.2) is 13.1 Å². The van der Waals surface area contributed by atoms with Crippen molar-refractivity contribution in [3.05, 3.63) is 179 Å². The largest absolute Gasteiger partial charge is 0.489 e. The van der Waals surface area contributed by atoms with Crippen LogP contribution >= 0.6 is 12.0 Å². The van der Waals surface area contributed by atoms with Gasteiger partial charge in [0.15, 0.2) is 0 Å².